The predicted octanol–water partition coefficient (Wildman–Crippen LogP) is 5.28. The molecule has 0 spiro atoms. The molecule has 0 aliphatic carbocycles. The smallest absolute Gasteiger partial charge is 0.416 e. The second kappa shape index (κ2) is 8.61. The Labute approximate surface area is 203 Å². The molecule has 0 fully saturated rings. The quantitative estimate of drug-likeness (QED) is 0.318. The predicted molar refractivity (Wildman–Crippen MR) is 125 cm³/mol. The molecule has 0 amide bonds. The number of halogens is 3. The highest BCUT2D eigenvalue weighted by Crippen LogP contribution is 2.35. The number of hydrogen-bond donors (Lipinski definition) is 0. The lowest BCUT2D eigenvalue weighted by molar-refractivity contribution is -0.166. The molecular weight excluding hydrogens is 505 g/mol. The van der Waals surface area contributed by atoms with E-state index in [2.05, 4.69) is 4.98 Å². The summed E-state index contributed by atoms with van der Waals surface area (Å²) in [6, 6.07) is 8.60. The number of hydrogen-bond acceptors (Lipinski definition) is 7. The molecular formula is C23H21F3N2O5S2. The van der Waals surface area contributed by atoms with E-state index in [1.54, 1.807) is 13.0 Å². The van der Waals surface area contributed by atoms with Crippen molar-refractivity contribution in [3.8, 4) is 0 Å². The van der Waals surface area contributed by atoms with Gasteiger partial charge in [-0.1, -0.05) is 0 Å². The lowest BCUT2D eigenvalue weighted by Crippen LogP contribution is -2.36. The lowest BCUT2D eigenvalue weighted by Gasteiger charge is -2.22. The van der Waals surface area contributed by atoms with E-state index in [9.17, 15) is 26.4 Å². The van der Waals surface area contributed by atoms with Crippen LogP contribution in [0.3, 0.4) is 0 Å². The van der Waals surface area contributed by atoms with Gasteiger partial charge in [0.1, 0.15) is 0 Å². The van der Waals surface area contributed by atoms with Crippen molar-refractivity contribution in [1.29, 1.82) is 0 Å². The molecule has 0 aliphatic heterocycles. The first kappa shape index (κ1) is 25.1. The van der Waals surface area contributed by atoms with Crippen LogP contribution in [0.1, 0.15) is 30.1 Å². The van der Waals surface area contributed by atoms with Crippen molar-refractivity contribution in [2.24, 2.45) is 0 Å². The van der Waals surface area contributed by atoms with Crippen LogP contribution in [0, 0.1) is 6.92 Å². The molecule has 0 unspecified atom stereocenters. The zero-order valence-corrected chi connectivity index (χ0v) is 20.8. The van der Waals surface area contributed by atoms with Gasteiger partial charge in [-0.05, 0) is 63.2 Å². The van der Waals surface area contributed by atoms with Crippen LogP contribution in [0.25, 0.3) is 21.1 Å². The van der Waals surface area contributed by atoms with Crippen LogP contribution in [-0.2, 0) is 37.1 Å². The number of nitrogens with zero attached hydrogens (tertiary/aromatic N) is 2. The summed E-state index contributed by atoms with van der Waals surface area (Å²) in [5.41, 5.74) is -1.75. The average Bonchev–Trinajstić information content (AvgIpc) is 3.34. The summed E-state index contributed by atoms with van der Waals surface area (Å²) in [4.78, 5) is 16.3. The molecule has 0 N–H and O–H groups in total. The fraction of sp³-hybridized carbons (Fsp3) is 0.304. The van der Waals surface area contributed by atoms with Crippen LogP contribution in [0.15, 0.2) is 47.4 Å². The minimum atomic E-state index is -4.60. The number of thiazole rings is 1. The van der Waals surface area contributed by atoms with Crippen LogP contribution >= 0.6 is 11.3 Å². The molecule has 4 aromatic rings. The zero-order valence-electron chi connectivity index (χ0n) is 19.1. The summed E-state index contributed by atoms with van der Waals surface area (Å²) >= 11 is 1.41. The highest BCUT2D eigenvalue weighted by Gasteiger charge is 2.33. The number of rotatable bonds is 6. The van der Waals surface area contributed by atoms with E-state index in [4.69, 9.17) is 9.47 Å². The van der Waals surface area contributed by atoms with E-state index >= 15 is 0 Å². The summed E-state index contributed by atoms with van der Waals surface area (Å²) in [5.74, 6) is -0.688. The Balaban J connectivity index is 1.88. The van der Waals surface area contributed by atoms with Crippen molar-refractivity contribution in [3.05, 3.63) is 58.7 Å². The van der Waals surface area contributed by atoms with Gasteiger partial charge in [-0.15, -0.1) is 11.3 Å². The normalized spacial score (nSPS) is 13.0. The highest BCUT2D eigenvalue weighted by molar-refractivity contribution is 7.90. The van der Waals surface area contributed by atoms with Crippen molar-refractivity contribution in [1.82, 2.24) is 8.96 Å². The molecule has 7 nitrogen and oxygen atoms in total. The van der Waals surface area contributed by atoms with Crippen LogP contribution in [0.4, 0.5) is 13.2 Å². The molecule has 0 saturated carbocycles. The standard InChI is InChI=1S/C23H21F3N2O5S2/c1-13-27-18-11-17(6-8-20(18)34-13)35(30,31)28-16(12-33-22(2,3)21(29)32-4)10-14-9-15(23(24,25)26)5-7-19(14)28/h5-11H,12H2,1-4H3. The van der Waals surface area contributed by atoms with Crippen molar-refractivity contribution < 1.29 is 35.9 Å². The second-order valence-corrected chi connectivity index (χ2v) is 11.4. The molecule has 0 bridgehead atoms. The molecule has 2 aromatic heterocycles. The first-order valence-electron chi connectivity index (χ1n) is 10.3. The molecule has 186 valence electrons. The van der Waals surface area contributed by atoms with Crippen LogP contribution < -0.4 is 0 Å². The summed E-state index contributed by atoms with van der Waals surface area (Å²) in [6.45, 7) is 4.31. The minimum Gasteiger partial charge on any atom is -0.467 e. The SMILES string of the molecule is COC(=O)C(C)(C)OCc1cc2cc(C(F)(F)F)ccc2n1S(=O)(=O)c1ccc2sc(C)nc2c1. The first-order valence-corrected chi connectivity index (χ1v) is 12.6. The fourth-order valence-electron chi connectivity index (χ4n) is 3.66. The number of esters is 1. The Morgan fingerprint density at radius 1 is 1.11 bits per heavy atom. The van der Waals surface area contributed by atoms with E-state index in [0.717, 1.165) is 31.9 Å². The molecule has 4 rings (SSSR count). The molecule has 35 heavy (non-hydrogen) atoms. The van der Waals surface area contributed by atoms with E-state index in [1.807, 2.05) is 0 Å². The van der Waals surface area contributed by atoms with Crippen molar-refractivity contribution >= 4 is 48.4 Å². The number of ether oxygens (including phenoxy) is 2. The van der Waals surface area contributed by atoms with Crippen molar-refractivity contribution in [2.45, 2.75) is 44.1 Å². The minimum absolute atomic E-state index is 0.0435. The summed E-state index contributed by atoms with van der Waals surface area (Å²) in [6.07, 6.45) is -4.60. The Morgan fingerprint density at radius 3 is 2.49 bits per heavy atom. The van der Waals surface area contributed by atoms with E-state index in [-0.39, 0.29) is 28.1 Å². The molecule has 0 radical (unpaired) electrons. The summed E-state index contributed by atoms with van der Waals surface area (Å²) in [7, 11) is -3.09. The van der Waals surface area contributed by atoms with Gasteiger partial charge in [0.05, 0.1) is 50.6 Å². The maximum atomic E-state index is 13.7. The Morgan fingerprint density at radius 2 is 1.83 bits per heavy atom. The Hall–Kier alpha value is -2.96. The first-order chi connectivity index (χ1) is 16.2. The number of carbonyl (C=O) groups excluding carboxylic acids is 1. The van der Waals surface area contributed by atoms with Gasteiger partial charge in [0.15, 0.2) is 5.60 Å². The third-order valence-electron chi connectivity index (χ3n) is 5.42. The molecule has 2 heterocycles. The highest BCUT2D eigenvalue weighted by atomic mass is 32.2. The van der Waals surface area contributed by atoms with Crippen LogP contribution in [-0.4, -0.2) is 36.1 Å². The fourth-order valence-corrected chi connectivity index (χ4v) is 6.01. The molecule has 0 saturated heterocycles. The molecule has 12 heteroatoms. The Bertz CT molecular complexity index is 1550. The number of fused-ring (bicyclic) bond motifs is 2. The van der Waals surface area contributed by atoms with Crippen LogP contribution in [0.5, 0.6) is 0 Å². The summed E-state index contributed by atoms with van der Waals surface area (Å²) < 4.78 is 79.5. The van der Waals surface area contributed by atoms with Gasteiger partial charge in [0.25, 0.3) is 10.0 Å². The van der Waals surface area contributed by atoms with Gasteiger partial charge in [-0.3, -0.25) is 0 Å². The van der Waals surface area contributed by atoms with E-state index in [0.29, 0.717) is 5.52 Å². The largest absolute Gasteiger partial charge is 0.467 e. The Kier molecular flexibility index (Phi) is 6.18. The van der Waals surface area contributed by atoms with E-state index in [1.165, 1.54) is 50.5 Å². The number of carbonyl (C=O) groups is 1. The van der Waals surface area contributed by atoms with Gasteiger partial charge in [-0.2, -0.15) is 13.2 Å². The maximum Gasteiger partial charge on any atom is 0.416 e. The topological polar surface area (TPSA) is 87.5 Å². The summed E-state index contributed by atoms with van der Waals surface area (Å²) in [5, 5.41) is 0.822. The lowest BCUT2D eigenvalue weighted by atomic mass is 10.1. The zero-order chi connectivity index (χ0) is 25.8. The van der Waals surface area contributed by atoms with Gasteiger partial charge in [0.2, 0.25) is 0 Å². The molecule has 0 atom stereocenters. The number of alkyl halides is 3. The van der Waals surface area contributed by atoms with Gasteiger partial charge < -0.3 is 9.47 Å². The molecule has 2 aromatic carbocycles. The third-order valence-corrected chi connectivity index (χ3v) is 8.13. The monoisotopic (exact) mass is 526 g/mol. The molecule has 0 aliphatic rings. The second-order valence-electron chi connectivity index (χ2n) is 8.33. The van der Waals surface area contributed by atoms with E-state index < -0.39 is 33.3 Å². The van der Waals surface area contributed by atoms with Gasteiger partial charge in [0, 0.05) is 5.39 Å². The maximum absolute atomic E-state index is 13.7. The number of methoxy groups -OCH3 is 1. The number of aryl methyl sites for hydroxylation is 1. The number of aromatic nitrogens is 2. The third kappa shape index (κ3) is 4.65. The number of benzene rings is 2. The van der Waals surface area contributed by atoms with Gasteiger partial charge >= 0.3 is 12.1 Å². The van der Waals surface area contributed by atoms with Crippen molar-refractivity contribution in [2.75, 3.05) is 7.11 Å². The van der Waals surface area contributed by atoms with Crippen molar-refractivity contribution in [3.63, 3.8) is 0 Å². The van der Waals surface area contributed by atoms with Crippen LogP contribution in [0.2, 0.25) is 0 Å². The van der Waals surface area contributed by atoms with Gasteiger partial charge in [-0.25, -0.2) is 22.2 Å². The average molecular weight is 527 g/mol.